The standard InChI is InChI=1S/C17H28ClN3/c1-4-8-19-12-14-11-15(18)16(20-13-14)21-9-5-6-17(2,3)7-10-21/h11,13,19H,4-10,12H2,1-3H3. The largest absolute Gasteiger partial charge is 0.355 e. The minimum Gasteiger partial charge on any atom is -0.355 e. The second-order valence-corrected chi connectivity index (χ2v) is 7.24. The van der Waals surface area contributed by atoms with Gasteiger partial charge in [-0.3, -0.25) is 0 Å². The van der Waals surface area contributed by atoms with E-state index in [1.54, 1.807) is 0 Å². The lowest BCUT2D eigenvalue weighted by Gasteiger charge is -2.25. The highest BCUT2D eigenvalue weighted by Gasteiger charge is 2.24. The maximum atomic E-state index is 6.47. The minimum absolute atomic E-state index is 0.436. The van der Waals surface area contributed by atoms with Crippen molar-refractivity contribution in [3.05, 3.63) is 22.8 Å². The molecule has 4 heteroatoms. The van der Waals surface area contributed by atoms with Crippen LogP contribution in [0.4, 0.5) is 5.82 Å². The van der Waals surface area contributed by atoms with E-state index >= 15 is 0 Å². The van der Waals surface area contributed by atoms with Crippen LogP contribution in [0, 0.1) is 5.41 Å². The molecule has 1 N–H and O–H groups in total. The van der Waals surface area contributed by atoms with Crippen LogP contribution in [-0.2, 0) is 6.54 Å². The zero-order chi connectivity index (χ0) is 15.3. The summed E-state index contributed by atoms with van der Waals surface area (Å²) in [5.74, 6) is 0.952. The van der Waals surface area contributed by atoms with Crippen molar-refractivity contribution in [2.75, 3.05) is 24.5 Å². The van der Waals surface area contributed by atoms with Crippen molar-refractivity contribution in [3.63, 3.8) is 0 Å². The number of nitrogens with zero attached hydrogens (tertiary/aromatic N) is 2. The Labute approximate surface area is 134 Å². The molecule has 0 amide bonds. The predicted molar refractivity (Wildman–Crippen MR) is 91.1 cm³/mol. The first-order valence-corrected chi connectivity index (χ1v) is 8.50. The number of pyridine rings is 1. The number of halogens is 1. The van der Waals surface area contributed by atoms with E-state index < -0.39 is 0 Å². The molecule has 0 aliphatic carbocycles. The van der Waals surface area contributed by atoms with Crippen LogP contribution in [0.3, 0.4) is 0 Å². The number of hydrogen-bond acceptors (Lipinski definition) is 3. The molecule has 0 atom stereocenters. The van der Waals surface area contributed by atoms with Crippen molar-refractivity contribution >= 4 is 17.4 Å². The lowest BCUT2D eigenvalue weighted by Crippen LogP contribution is -2.26. The Morgan fingerprint density at radius 1 is 1.33 bits per heavy atom. The summed E-state index contributed by atoms with van der Waals surface area (Å²) in [6, 6.07) is 2.06. The van der Waals surface area contributed by atoms with Crippen LogP contribution < -0.4 is 10.2 Å². The van der Waals surface area contributed by atoms with Crippen molar-refractivity contribution in [2.24, 2.45) is 5.41 Å². The van der Waals surface area contributed by atoms with Crippen molar-refractivity contribution in [1.29, 1.82) is 0 Å². The highest BCUT2D eigenvalue weighted by Crippen LogP contribution is 2.33. The molecule has 0 unspecified atom stereocenters. The summed E-state index contributed by atoms with van der Waals surface area (Å²) in [6.07, 6.45) is 6.79. The topological polar surface area (TPSA) is 28.2 Å². The van der Waals surface area contributed by atoms with E-state index in [4.69, 9.17) is 11.6 Å². The van der Waals surface area contributed by atoms with Crippen LogP contribution in [0.25, 0.3) is 0 Å². The lowest BCUT2D eigenvalue weighted by molar-refractivity contribution is 0.325. The van der Waals surface area contributed by atoms with Gasteiger partial charge in [-0.05, 0) is 49.3 Å². The van der Waals surface area contributed by atoms with Crippen LogP contribution in [0.1, 0.15) is 52.0 Å². The third kappa shape index (κ3) is 4.86. The van der Waals surface area contributed by atoms with E-state index in [9.17, 15) is 0 Å². The highest BCUT2D eigenvalue weighted by molar-refractivity contribution is 6.33. The van der Waals surface area contributed by atoms with Gasteiger partial charge < -0.3 is 10.2 Å². The van der Waals surface area contributed by atoms with E-state index in [1.165, 1.54) is 19.3 Å². The Kier molecular flexibility index (Phi) is 5.88. The third-order valence-electron chi connectivity index (χ3n) is 4.27. The highest BCUT2D eigenvalue weighted by atomic mass is 35.5. The smallest absolute Gasteiger partial charge is 0.147 e. The number of nitrogens with one attached hydrogen (secondary N) is 1. The number of hydrogen-bond donors (Lipinski definition) is 1. The normalized spacial score (nSPS) is 18.6. The van der Waals surface area contributed by atoms with Gasteiger partial charge in [0.1, 0.15) is 5.82 Å². The Balaban J connectivity index is 2.03. The fourth-order valence-electron chi connectivity index (χ4n) is 2.84. The fraction of sp³-hybridized carbons (Fsp3) is 0.706. The molecule has 2 heterocycles. The first-order chi connectivity index (χ1) is 10.0. The van der Waals surface area contributed by atoms with Crippen LogP contribution in [0.5, 0.6) is 0 Å². The van der Waals surface area contributed by atoms with Crippen molar-refractivity contribution < 1.29 is 0 Å². The second kappa shape index (κ2) is 7.46. The van der Waals surface area contributed by atoms with Gasteiger partial charge in [-0.15, -0.1) is 0 Å². The Morgan fingerprint density at radius 3 is 2.86 bits per heavy atom. The number of anilines is 1. The molecule has 1 aliphatic heterocycles. The van der Waals surface area contributed by atoms with Crippen molar-refractivity contribution in [3.8, 4) is 0 Å². The molecular weight excluding hydrogens is 282 g/mol. The van der Waals surface area contributed by atoms with E-state index in [0.29, 0.717) is 5.41 Å². The molecule has 0 saturated carbocycles. The average molecular weight is 310 g/mol. The Morgan fingerprint density at radius 2 is 2.14 bits per heavy atom. The second-order valence-electron chi connectivity index (χ2n) is 6.83. The van der Waals surface area contributed by atoms with Crippen LogP contribution >= 0.6 is 11.6 Å². The molecule has 1 saturated heterocycles. The molecule has 0 bridgehead atoms. The Hall–Kier alpha value is -0.800. The summed E-state index contributed by atoms with van der Waals surface area (Å²) in [6.45, 7) is 10.9. The number of aromatic nitrogens is 1. The van der Waals surface area contributed by atoms with Gasteiger partial charge in [0.05, 0.1) is 5.02 Å². The average Bonchev–Trinajstić information content (AvgIpc) is 2.60. The molecule has 1 aromatic heterocycles. The van der Waals surface area contributed by atoms with Gasteiger partial charge in [0.15, 0.2) is 0 Å². The molecule has 0 radical (unpaired) electrons. The molecular formula is C17H28ClN3. The lowest BCUT2D eigenvalue weighted by atomic mass is 9.85. The molecule has 1 fully saturated rings. The third-order valence-corrected chi connectivity index (χ3v) is 4.55. The van der Waals surface area contributed by atoms with Crippen LogP contribution in [0.2, 0.25) is 5.02 Å². The van der Waals surface area contributed by atoms with E-state index in [-0.39, 0.29) is 0 Å². The summed E-state index contributed by atoms with van der Waals surface area (Å²) in [7, 11) is 0. The SMILES string of the molecule is CCCNCc1cnc(N2CCCC(C)(C)CC2)c(Cl)c1. The first-order valence-electron chi connectivity index (χ1n) is 8.12. The number of rotatable bonds is 5. The minimum atomic E-state index is 0.436. The zero-order valence-electron chi connectivity index (χ0n) is 13.6. The maximum Gasteiger partial charge on any atom is 0.147 e. The monoisotopic (exact) mass is 309 g/mol. The van der Waals surface area contributed by atoms with Crippen LogP contribution in [0.15, 0.2) is 12.3 Å². The summed E-state index contributed by atoms with van der Waals surface area (Å²) >= 11 is 6.47. The van der Waals surface area contributed by atoms with E-state index in [0.717, 1.165) is 49.0 Å². The fourth-order valence-corrected chi connectivity index (χ4v) is 3.15. The zero-order valence-corrected chi connectivity index (χ0v) is 14.3. The van der Waals surface area contributed by atoms with Crippen molar-refractivity contribution in [1.82, 2.24) is 10.3 Å². The predicted octanol–water partition coefficient (Wildman–Crippen LogP) is 4.25. The van der Waals surface area contributed by atoms with Gasteiger partial charge in [-0.1, -0.05) is 32.4 Å². The maximum absolute atomic E-state index is 6.47. The van der Waals surface area contributed by atoms with Gasteiger partial charge in [0, 0.05) is 25.8 Å². The first kappa shape index (κ1) is 16.6. The molecule has 21 heavy (non-hydrogen) atoms. The van der Waals surface area contributed by atoms with Gasteiger partial charge in [-0.2, -0.15) is 0 Å². The summed E-state index contributed by atoms with van der Waals surface area (Å²) < 4.78 is 0. The van der Waals surface area contributed by atoms with E-state index in [1.807, 2.05) is 6.20 Å². The van der Waals surface area contributed by atoms with E-state index in [2.05, 4.69) is 42.0 Å². The summed E-state index contributed by atoms with van der Waals surface area (Å²) in [4.78, 5) is 6.97. The molecule has 3 nitrogen and oxygen atoms in total. The van der Waals surface area contributed by atoms with Gasteiger partial charge in [0.2, 0.25) is 0 Å². The molecule has 2 rings (SSSR count). The Bertz CT molecular complexity index is 459. The molecule has 0 spiro atoms. The molecule has 1 aliphatic rings. The van der Waals surface area contributed by atoms with Gasteiger partial charge >= 0.3 is 0 Å². The summed E-state index contributed by atoms with van der Waals surface area (Å²) in [5.41, 5.74) is 1.60. The quantitative estimate of drug-likeness (QED) is 0.824. The van der Waals surface area contributed by atoms with Crippen LogP contribution in [-0.4, -0.2) is 24.6 Å². The van der Waals surface area contributed by atoms with Crippen molar-refractivity contribution in [2.45, 2.75) is 53.0 Å². The van der Waals surface area contributed by atoms with Gasteiger partial charge in [0.25, 0.3) is 0 Å². The summed E-state index contributed by atoms with van der Waals surface area (Å²) in [5, 5.41) is 4.17. The molecule has 118 valence electrons. The molecule has 1 aromatic rings. The molecule has 0 aromatic carbocycles. The van der Waals surface area contributed by atoms with Gasteiger partial charge in [-0.25, -0.2) is 4.98 Å².